The van der Waals surface area contributed by atoms with Gasteiger partial charge in [-0.15, -0.1) is 0 Å². The Bertz CT molecular complexity index is 994. The molecule has 3 aromatic carbocycles. The van der Waals surface area contributed by atoms with Gasteiger partial charge >= 0.3 is 0 Å². The summed E-state index contributed by atoms with van der Waals surface area (Å²) in [6.45, 7) is 3.66. The molecule has 2 fully saturated rings. The van der Waals surface area contributed by atoms with E-state index in [-0.39, 0.29) is 5.91 Å². The van der Waals surface area contributed by atoms with E-state index in [0.29, 0.717) is 6.04 Å². The van der Waals surface area contributed by atoms with Crippen LogP contribution in [0.15, 0.2) is 72.8 Å². The van der Waals surface area contributed by atoms with Gasteiger partial charge in [-0.25, -0.2) is 0 Å². The molecule has 1 amide bonds. The van der Waals surface area contributed by atoms with Crippen LogP contribution < -0.4 is 0 Å². The predicted octanol–water partition coefficient (Wildman–Crippen LogP) is 5.32. The molecule has 0 radical (unpaired) electrons. The van der Waals surface area contributed by atoms with E-state index in [2.05, 4.69) is 53.4 Å². The Morgan fingerprint density at radius 2 is 1.37 bits per heavy atom. The molecule has 1 saturated heterocycles. The van der Waals surface area contributed by atoms with Gasteiger partial charge < -0.3 is 4.90 Å². The fraction of sp³-hybridized carbons (Fsp3) is 0.370. The minimum absolute atomic E-state index is 0.180. The van der Waals surface area contributed by atoms with Crippen molar-refractivity contribution in [3.8, 4) is 0 Å². The molecule has 1 heterocycles. The Morgan fingerprint density at radius 1 is 0.700 bits per heavy atom. The molecule has 0 unspecified atom stereocenters. The first kappa shape index (κ1) is 19.3. The average molecular weight is 399 g/mol. The Morgan fingerprint density at radius 3 is 2.13 bits per heavy atom. The highest BCUT2D eigenvalue weighted by atomic mass is 16.2. The lowest BCUT2D eigenvalue weighted by Crippen LogP contribution is -2.52. The number of benzene rings is 3. The van der Waals surface area contributed by atoms with E-state index >= 15 is 0 Å². The summed E-state index contributed by atoms with van der Waals surface area (Å²) in [5.41, 5.74) is 2.34. The van der Waals surface area contributed by atoms with Gasteiger partial charge in [0.1, 0.15) is 0 Å². The molecule has 2 aliphatic rings. The van der Waals surface area contributed by atoms with Gasteiger partial charge in [-0.3, -0.25) is 9.69 Å². The van der Waals surface area contributed by atoms with Crippen LogP contribution >= 0.6 is 0 Å². The van der Waals surface area contributed by atoms with Crippen molar-refractivity contribution in [1.82, 2.24) is 9.80 Å². The van der Waals surface area contributed by atoms with Crippen molar-refractivity contribution in [3.05, 3.63) is 83.9 Å². The first-order chi connectivity index (χ1) is 14.8. The quantitative estimate of drug-likeness (QED) is 0.596. The second kappa shape index (κ2) is 8.61. The van der Waals surface area contributed by atoms with Crippen molar-refractivity contribution in [2.24, 2.45) is 0 Å². The van der Waals surface area contributed by atoms with Crippen LogP contribution in [0.2, 0.25) is 0 Å². The lowest BCUT2D eigenvalue weighted by atomic mass is 9.81. The van der Waals surface area contributed by atoms with Crippen molar-refractivity contribution in [1.29, 1.82) is 0 Å². The van der Waals surface area contributed by atoms with E-state index < -0.39 is 0 Å². The van der Waals surface area contributed by atoms with Crippen LogP contribution in [0, 0.1) is 0 Å². The van der Waals surface area contributed by atoms with Crippen molar-refractivity contribution < 1.29 is 4.79 Å². The third-order valence-corrected chi connectivity index (χ3v) is 7.11. The highest BCUT2D eigenvalue weighted by Crippen LogP contribution is 2.35. The van der Waals surface area contributed by atoms with Crippen LogP contribution in [0.5, 0.6) is 0 Å². The molecule has 3 aromatic rings. The van der Waals surface area contributed by atoms with Gasteiger partial charge in [-0.2, -0.15) is 0 Å². The molecule has 1 aliphatic heterocycles. The molecule has 0 N–H and O–H groups in total. The minimum Gasteiger partial charge on any atom is -0.336 e. The van der Waals surface area contributed by atoms with Crippen molar-refractivity contribution in [2.45, 2.75) is 37.6 Å². The van der Waals surface area contributed by atoms with Crippen LogP contribution in [-0.4, -0.2) is 47.9 Å². The SMILES string of the molecule is O=C(c1cccc2ccccc12)N1CCN(C2CCC(c3ccccc3)CC2)CC1. The Hall–Kier alpha value is -2.65. The lowest BCUT2D eigenvalue weighted by Gasteiger charge is -2.42. The highest BCUT2D eigenvalue weighted by Gasteiger charge is 2.30. The number of carbonyl (C=O) groups is 1. The molecular formula is C27H30N2O. The number of nitrogens with zero attached hydrogens (tertiary/aromatic N) is 2. The van der Waals surface area contributed by atoms with Crippen LogP contribution in [0.4, 0.5) is 0 Å². The summed E-state index contributed by atoms with van der Waals surface area (Å²) in [5, 5.41) is 2.20. The Balaban J connectivity index is 1.18. The maximum atomic E-state index is 13.2. The van der Waals surface area contributed by atoms with E-state index in [9.17, 15) is 4.79 Å². The van der Waals surface area contributed by atoms with E-state index in [0.717, 1.165) is 48.4 Å². The number of piperazine rings is 1. The van der Waals surface area contributed by atoms with Crippen molar-refractivity contribution in [2.75, 3.05) is 26.2 Å². The van der Waals surface area contributed by atoms with Gasteiger partial charge in [-0.05, 0) is 54.0 Å². The molecule has 0 spiro atoms. The zero-order chi connectivity index (χ0) is 20.3. The zero-order valence-corrected chi connectivity index (χ0v) is 17.5. The van der Waals surface area contributed by atoms with E-state index in [1.165, 1.54) is 31.2 Å². The highest BCUT2D eigenvalue weighted by molar-refractivity contribution is 6.07. The monoisotopic (exact) mass is 398 g/mol. The van der Waals surface area contributed by atoms with Crippen LogP contribution in [0.25, 0.3) is 10.8 Å². The largest absolute Gasteiger partial charge is 0.336 e. The topological polar surface area (TPSA) is 23.6 Å². The van der Waals surface area contributed by atoms with Crippen LogP contribution in [0.1, 0.15) is 47.5 Å². The zero-order valence-electron chi connectivity index (χ0n) is 17.5. The summed E-state index contributed by atoms with van der Waals surface area (Å²) in [7, 11) is 0. The summed E-state index contributed by atoms with van der Waals surface area (Å²) >= 11 is 0. The van der Waals surface area contributed by atoms with Gasteiger partial charge in [0, 0.05) is 37.8 Å². The molecular weight excluding hydrogens is 368 g/mol. The molecule has 1 aliphatic carbocycles. The minimum atomic E-state index is 0.180. The summed E-state index contributed by atoms with van der Waals surface area (Å²) in [4.78, 5) is 17.9. The summed E-state index contributed by atoms with van der Waals surface area (Å²) in [5.74, 6) is 0.899. The number of carbonyl (C=O) groups excluding carboxylic acids is 1. The van der Waals surface area contributed by atoms with E-state index in [4.69, 9.17) is 0 Å². The van der Waals surface area contributed by atoms with Gasteiger partial charge in [0.25, 0.3) is 5.91 Å². The first-order valence-corrected chi connectivity index (χ1v) is 11.4. The summed E-state index contributed by atoms with van der Waals surface area (Å²) in [6, 6.07) is 25.9. The molecule has 154 valence electrons. The fourth-order valence-corrected chi connectivity index (χ4v) is 5.37. The molecule has 3 heteroatoms. The van der Waals surface area contributed by atoms with Crippen LogP contribution in [0.3, 0.4) is 0 Å². The molecule has 0 atom stereocenters. The number of hydrogen-bond acceptors (Lipinski definition) is 2. The lowest BCUT2D eigenvalue weighted by molar-refractivity contribution is 0.0516. The number of rotatable bonds is 3. The number of amides is 1. The first-order valence-electron chi connectivity index (χ1n) is 11.4. The maximum Gasteiger partial charge on any atom is 0.254 e. The smallest absolute Gasteiger partial charge is 0.254 e. The van der Waals surface area contributed by atoms with Gasteiger partial charge in [0.05, 0.1) is 0 Å². The molecule has 3 nitrogen and oxygen atoms in total. The molecule has 1 saturated carbocycles. The fourth-order valence-electron chi connectivity index (χ4n) is 5.37. The van der Waals surface area contributed by atoms with Crippen molar-refractivity contribution in [3.63, 3.8) is 0 Å². The van der Waals surface area contributed by atoms with E-state index in [1.807, 2.05) is 29.2 Å². The second-order valence-corrected chi connectivity index (χ2v) is 8.77. The summed E-state index contributed by atoms with van der Waals surface area (Å²) in [6.07, 6.45) is 5.11. The predicted molar refractivity (Wildman–Crippen MR) is 123 cm³/mol. The number of fused-ring (bicyclic) bond motifs is 1. The van der Waals surface area contributed by atoms with Gasteiger partial charge in [0.15, 0.2) is 0 Å². The molecule has 5 rings (SSSR count). The molecule has 0 bridgehead atoms. The Kier molecular flexibility index (Phi) is 5.54. The molecule has 30 heavy (non-hydrogen) atoms. The van der Waals surface area contributed by atoms with Gasteiger partial charge in [-0.1, -0.05) is 66.7 Å². The second-order valence-electron chi connectivity index (χ2n) is 8.77. The van der Waals surface area contributed by atoms with Gasteiger partial charge in [0.2, 0.25) is 0 Å². The Labute approximate surface area is 179 Å². The normalized spacial score (nSPS) is 22.9. The van der Waals surface area contributed by atoms with Crippen molar-refractivity contribution >= 4 is 16.7 Å². The van der Waals surface area contributed by atoms with E-state index in [1.54, 1.807) is 0 Å². The average Bonchev–Trinajstić information content (AvgIpc) is 2.84. The third-order valence-electron chi connectivity index (χ3n) is 7.11. The number of hydrogen-bond donors (Lipinski definition) is 0. The standard InChI is InChI=1S/C27H30N2O/c30-27(26-12-6-10-23-9-4-5-11-25(23)26)29-19-17-28(18-20-29)24-15-13-22(14-16-24)21-7-2-1-3-8-21/h1-12,22,24H,13-20H2. The molecule has 0 aromatic heterocycles. The maximum absolute atomic E-state index is 13.2. The van der Waals surface area contributed by atoms with Crippen LogP contribution in [-0.2, 0) is 0 Å². The summed E-state index contributed by atoms with van der Waals surface area (Å²) < 4.78 is 0. The third kappa shape index (κ3) is 3.87.